The van der Waals surface area contributed by atoms with E-state index in [4.69, 9.17) is 4.74 Å². The number of benzene rings is 2. The van der Waals surface area contributed by atoms with Crippen molar-refractivity contribution in [2.24, 2.45) is 0 Å². The number of rotatable bonds is 4. The van der Waals surface area contributed by atoms with Gasteiger partial charge in [-0.05, 0) is 36.4 Å². The molecule has 0 saturated carbocycles. The quantitative estimate of drug-likeness (QED) is 0.733. The lowest BCUT2D eigenvalue weighted by Crippen LogP contribution is -2.02. The second kappa shape index (κ2) is 5.79. The molecule has 0 N–H and O–H groups in total. The van der Waals surface area contributed by atoms with Crippen molar-refractivity contribution in [1.82, 2.24) is 14.8 Å². The molecular weight excluding hydrogens is 262 g/mol. The molecule has 106 valence electrons. The molecule has 4 heteroatoms. The Bertz CT molecular complexity index is 718. The van der Waals surface area contributed by atoms with Gasteiger partial charge < -0.3 is 4.74 Å². The van der Waals surface area contributed by atoms with Gasteiger partial charge in [0.05, 0.1) is 7.11 Å². The van der Waals surface area contributed by atoms with Gasteiger partial charge in [-0.15, -0.1) is 10.2 Å². The number of aromatic nitrogens is 3. The van der Waals surface area contributed by atoms with E-state index < -0.39 is 0 Å². The van der Waals surface area contributed by atoms with Gasteiger partial charge in [0.25, 0.3) is 0 Å². The molecule has 0 spiro atoms. The summed E-state index contributed by atoms with van der Waals surface area (Å²) in [5.41, 5.74) is 2.09. The van der Waals surface area contributed by atoms with E-state index in [1.165, 1.54) is 0 Å². The summed E-state index contributed by atoms with van der Waals surface area (Å²) in [4.78, 5) is 0. The summed E-state index contributed by atoms with van der Waals surface area (Å²) < 4.78 is 7.30. The third kappa shape index (κ3) is 2.52. The van der Waals surface area contributed by atoms with Crippen LogP contribution in [0.15, 0.2) is 54.6 Å². The van der Waals surface area contributed by atoms with Crippen molar-refractivity contribution in [2.45, 2.75) is 13.3 Å². The van der Waals surface area contributed by atoms with Crippen molar-refractivity contribution in [3.05, 3.63) is 60.4 Å². The standard InChI is InChI=1S/C17H17N3O/c1-3-16-18-19-17(13-9-11-15(21-2)12-10-13)20(16)14-7-5-4-6-8-14/h4-12H,3H2,1-2H3. The van der Waals surface area contributed by atoms with E-state index in [1.54, 1.807) is 7.11 Å². The van der Waals surface area contributed by atoms with E-state index in [0.29, 0.717) is 0 Å². The maximum atomic E-state index is 5.20. The molecule has 21 heavy (non-hydrogen) atoms. The third-order valence-corrected chi connectivity index (χ3v) is 3.41. The van der Waals surface area contributed by atoms with E-state index in [0.717, 1.165) is 35.1 Å². The number of hydrogen-bond acceptors (Lipinski definition) is 3. The SMILES string of the molecule is CCc1nnc(-c2ccc(OC)cc2)n1-c1ccccc1. The molecule has 0 atom stereocenters. The van der Waals surface area contributed by atoms with Crippen LogP contribution in [0.1, 0.15) is 12.7 Å². The number of nitrogens with zero attached hydrogens (tertiary/aromatic N) is 3. The van der Waals surface area contributed by atoms with Crippen LogP contribution >= 0.6 is 0 Å². The smallest absolute Gasteiger partial charge is 0.168 e. The Morgan fingerprint density at radius 3 is 2.29 bits per heavy atom. The van der Waals surface area contributed by atoms with E-state index >= 15 is 0 Å². The molecule has 0 radical (unpaired) electrons. The Balaban J connectivity index is 2.12. The van der Waals surface area contributed by atoms with Gasteiger partial charge in [0.15, 0.2) is 5.82 Å². The topological polar surface area (TPSA) is 39.9 Å². The summed E-state index contributed by atoms with van der Waals surface area (Å²) in [6, 6.07) is 18.1. The lowest BCUT2D eigenvalue weighted by Gasteiger charge is -2.10. The highest BCUT2D eigenvalue weighted by atomic mass is 16.5. The molecule has 0 saturated heterocycles. The molecule has 0 aliphatic heterocycles. The Hall–Kier alpha value is -2.62. The second-order valence-corrected chi connectivity index (χ2v) is 4.69. The number of para-hydroxylation sites is 1. The van der Waals surface area contributed by atoms with Crippen molar-refractivity contribution in [3.63, 3.8) is 0 Å². The zero-order chi connectivity index (χ0) is 14.7. The van der Waals surface area contributed by atoms with Gasteiger partial charge in [-0.25, -0.2) is 0 Å². The summed E-state index contributed by atoms with van der Waals surface area (Å²) in [5, 5.41) is 8.67. The predicted molar refractivity (Wildman–Crippen MR) is 82.7 cm³/mol. The maximum Gasteiger partial charge on any atom is 0.168 e. The highest BCUT2D eigenvalue weighted by molar-refractivity contribution is 5.59. The summed E-state index contributed by atoms with van der Waals surface area (Å²) in [6.45, 7) is 2.08. The van der Waals surface area contributed by atoms with E-state index in [1.807, 2.05) is 42.5 Å². The molecule has 0 bridgehead atoms. The van der Waals surface area contributed by atoms with Crippen LogP contribution in [0, 0.1) is 0 Å². The first-order valence-corrected chi connectivity index (χ1v) is 6.97. The molecule has 3 rings (SSSR count). The molecule has 1 aromatic heterocycles. The van der Waals surface area contributed by atoms with Crippen LogP contribution in [0.25, 0.3) is 17.1 Å². The fraction of sp³-hybridized carbons (Fsp3) is 0.176. The lowest BCUT2D eigenvalue weighted by atomic mass is 10.2. The average molecular weight is 279 g/mol. The maximum absolute atomic E-state index is 5.20. The van der Waals surface area contributed by atoms with Gasteiger partial charge in [0, 0.05) is 17.7 Å². The summed E-state index contributed by atoms with van der Waals surface area (Å²) >= 11 is 0. The number of ether oxygens (including phenoxy) is 1. The van der Waals surface area contributed by atoms with E-state index in [9.17, 15) is 0 Å². The fourth-order valence-corrected chi connectivity index (χ4v) is 2.32. The normalized spacial score (nSPS) is 10.6. The molecule has 0 amide bonds. The molecule has 1 heterocycles. The number of aryl methyl sites for hydroxylation is 1. The molecule has 2 aromatic carbocycles. The van der Waals surface area contributed by atoms with Crippen molar-refractivity contribution in [2.75, 3.05) is 7.11 Å². The predicted octanol–water partition coefficient (Wildman–Crippen LogP) is 3.51. The van der Waals surface area contributed by atoms with Gasteiger partial charge in [-0.2, -0.15) is 0 Å². The molecule has 4 nitrogen and oxygen atoms in total. The van der Waals surface area contributed by atoms with Gasteiger partial charge >= 0.3 is 0 Å². The lowest BCUT2D eigenvalue weighted by molar-refractivity contribution is 0.415. The Morgan fingerprint density at radius 1 is 0.952 bits per heavy atom. The summed E-state index contributed by atoms with van der Waals surface area (Å²) in [5.74, 6) is 2.63. The van der Waals surface area contributed by atoms with Gasteiger partial charge in [-0.1, -0.05) is 25.1 Å². The highest BCUT2D eigenvalue weighted by Gasteiger charge is 2.14. The van der Waals surface area contributed by atoms with Crippen LogP contribution in [0.5, 0.6) is 5.75 Å². The second-order valence-electron chi connectivity index (χ2n) is 4.69. The minimum atomic E-state index is 0.831. The summed E-state index contributed by atoms with van der Waals surface area (Å²) in [7, 11) is 1.66. The molecule has 0 aliphatic carbocycles. The number of hydrogen-bond donors (Lipinski definition) is 0. The van der Waals surface area contributed by atoms with Crippen LogP contribution in [0.3, 0.4) is 0 Å². The number of methoxy groups -OCH3 is 1. The van der Waals surface area contributed by atoms with Crippen LogP contribution in [0.2, 0.25) is 0 Å². The minimum Gasteiger partial charge on any atom is -0.497 e. The first-order chi connectivity index (χ1) is 10.3. The molecule has 3 aromatic rings. The van der Waals surface area contributed by atoms with Crippen molar-refractivity contribution >= 4 is 0 Å². The highest BCUT2D eigenvalue weighted by Crippen LogP contribution is 2.24. The van der Waals surface area contributed by atoms with Gasteiger partial charge in [0.2, 0.25) is 0 Å². The van der Waals surface area contributed by atoms with E-state index in [-0.39, 0.29) is 0 Å². The fourth-order valence-electron chi connectivity index (χ4n) is 2.32. The van der Waals surface area contributed by atoms with Crippen LogP contribution in [-0.2, 0) is 6.42 Å². The van der Waals surface area contributed by atoms with E-state index in [2.05, 4.69) is 33.8 Å². The molecule has 0 fully saturated rings. The van der Waals surface area contributed by atoms with Crippen LogP contribution in [-0.4, -0.2) is 21.9 Å². The monoisotopic (exact) mass is 279 g/mol. The third-order valence-electron chi connectivity index (χ3n) is 3.41. The van der Waals surface area contributed by atoms with Crippen molar-refractivity contribution < 1.29 is 4.74 Å². The van der Waals surface area contributed by atoms with Gasteiger partial charge in [0.1, 0.15) is 11.6 Å². The van der Waals surface area contributed by atoms with Crippen LogP contribution in [0.4, 0.5) is 0 Å². The average Bonchev–Trinajstić information content (AvgIpc) is 2.99. The largest absolute Gasteiger partial charge is 0.497 e. The Kier molecular flexibility index (Phi) is 3.69. The Labute approximate surface area is 124 Å². The summed E-state index contributed by atoms with van der Waals surface area (Å²) in [6.07, 6.45) is 0.831. The zero-order valence-electron chi connectivity index (χ0n) is 12.2. The zero-order valence-corrected chi connectivity index (χ0v) is 12.2. The molecular formula is C17H17N3O. The van der Waals surface area contributed by atoms with Crippen LogP contribution < -0.4 is 4.74 Å². The first kappa shape index (κ1) is 13.4. The molecule has 0 unspecified atom stereocenters. The Morgan fingerprint density at radius 2 is 1.67 bits per heavy atom. The first-order valence-electron chi connectivity index (χ1n) is 6.97. The minimum absolute atomic E-state index is 0.831. The van der Waals surface area contributed by atoms with Gasteiger partial charge in [-0.3, -0.25) is 4.57 Å². The van der Waals surface area contributed by atoms with Crippen molar-refractivity contribution in [1.29, 1.82) is 0 Å². The van der Waals surface area contributed by atoms with Crippen molar-refractivity contribution in [3.8, 4) is 22.8 Å². The molecule has 0 aliphatic rings.